The van der Waals surface area contributed by atoms with Gasteiger partial charge in [0.05, 0.1) is 19.8 Å². The molecule has 0 heterocycles. The Morgan fingerprint density at radius 3 is 2.56 bits per heavy atom. The zero-order valence-electron chi connectivity index (χ0n) is 10.8. The molecule has 1 atom stereocenters. The smallest absolute Gasteiger partial charge is 0.0700 e. The van der Waals surface area contributed by atoms with Crippen LogP contribution >= 0.6 is 0 Å². The van der Waals surface area contributed by atoms with Crippen molar-refractivity contribution in [3.63, 3.8) is 0 Å². The molecule has 96 valence electrons. The van der Waals surface area contributed by atoms with Gasteiger partial charge in [-0.3, -0.25) is 0 Å². The number of hydrogen-bond acceptors (Lipinski definition) is 3. The molecule has 0 aromatic carbocycles. The van der Waals surface area contributed by atoms with Crippen LogP contribution in [0.15, 0.2) is 0 Å². The first-order valence-electron chi connectivity index (χ1n) is 6.64. The van der Waals surface area contributed by atoms with E-state index >= 15 is 0 Å². The van der Waals surface area contributed by atoms with Gasteiger partial charge >= 0.3 is 0 Å². The Labute approximate surface area is 99.9 Å². The molecule has 1 saturated carbocycles. The molecular weight excluding hydrogens is 202 g/mol. The first-order chi connectivity index (χ1) is 7.84. The third kappa shape index (κ3) is 5.83. The molecule has 16 heavy (non-hydrogen) atoms. The second-order valence-corrected chi connectivity index (χ2v) is 4.75. The minimum Gasteiger partial charge on any atom is -0.382 e. The van der Waals surface area contributed by atoms with Crippen molar-refractivity contribution in [2.45, 2.75) is 45.1 Å². The van der Waals surface area contributed by atoms with Crippen LogP contribution in [-0.4, -0.2) is 39.5 Å². The number of nitrogens with one attached hydrogen (secondary N) is 1. The summed E-state index contributed by atoms with van der Waals surface area (Å²) in [7, 11) is 1.70. The van der Waals surface area contributed by atoms with E-state index in [2.05, 4.69) is 12.2 Å². The van der Waals surface area contributed by atoms with Gasteiger partial charge in [0.25, 0.3) is 0 Å². The monoisotopic (exact) mass is 229 g/mol. The Kier molecular flexibility index (Phi) is 7.81. The lowest BCUT2D eigenvalue weighted by Crippen LogP contribution is -2.36. The fourth-order valence-electron chi connectivity index (χ4n) is 2.40. The molecule has 1 fully saturated rings. The molecular formula is C13H27NO2. The summed E-state index contributed by atoms with van der Waals surface area (Å²) in [5.74, 6) is 0.882. The minimum absolute atomic E-state index is 0.645. The quantitative estimate of drug-likeness (QED) is 0.647. The fraction of sp³-hybridized carbons (Fsp3) is 1.00. The standard InChI is InChI=1S/C13H27NO2/c1-12(13-6-4-3-5-7-13)14-8-9-16-11-10-15-2/h12-14H,3-11H2,1-2H3/t12-/m1/s1. The van der Waals surface area contributed by atoms with Crippen molar-refractivity contribution in [2.24, 2.45) is 5.92 Å². The van der Waals surface area contributed by atoms with Gasteiger partial charge < -0.3 is 14.8 Å². The SMILES string of the molecule is COCCOCCN[C@H](C)C1CCCCC1. The Balaban J connectivity index is 1.94. The van der Waals surface area contributed by atoms with E-state index in [1.54, 1.807) is 7.11 Å². The lowest BCUT2D eigenvalue weighted by molar-refractivity contribution is 0.0701. The Morgan fingerprint density at radius 2 is 1.88 bits per heavy atom. The summed E-state index contributed by atoms with van der Waals surface area (Å²) >= 11 is 0. The zero-order chi connectivity index (χ0) is 11.6. The lowest BCUT2D eigenvalue weighted by Gasteiger charge is -2.28. The number of rotatable bonds is 8. The molecule has 0 spiro atoms. The molecule has 0 bridgehead atoms. The molecule has 1 aliphatic rings. The first-order valence-corrected chi connectivity index (χ1v) is 6.64. The summed E-state index contributed by atoms with van der Waals surface area (Å²) < 4.78 is 10.3. The Hall–Kier alpha value is -0.120. The molecule has 0 radical (unpaired) electrons. The van der Waals surface area contributed by atoms with Crippen molar-refractivity contribution in [1.29, 1.82) is 0 Å². The number of hydrogen-bond donors (Lipinski definition) is 1. The van der Waals surface area contributed by atoms with Crippen molar-refractivity contribution < 1.29 is 9.47 Å². The van der Waals surface area contributed by atoms with Gasteiger partial charge in [-0.2, -0.15) is 0 Å². The van der Waals surface area contributed by atoms with E-state index in [9.17, 15) is 0 Å². The summed E-state index contributed by atoms with van der Waals surface area (Å²) in [5.41, 5.74) is 0. The summed E-state index contributed by atoms with van der Waals surface area (Å²) in [6, 6.07) is 0.645. The number of ether oxygens (including phenoxy) is 2. The highest BCUT2D eigenvalue weighted by molar-refractivity contribution is 4.75. The maximum atomic E-state index is 5.42. The van der Waals surface area contributed by atoms with Crippen LogP contribution in [0, 0.1) is 5.92 Å². The molecule has 0 aliphatic heterocycles. The van der Waals surface area contributed by atoms with Crippen molar-refractivity contribution in [3.8, 4) is 0 Å². The van der Waals surface area contributed by atoms with Gasteiger partial charge in [0, 0.05) is 19.7 Å². The molecule has 3 heteroatoms. The molecule has 1 N–H and O–H groups in total. The van der Waals surface area contributed by atoms with Crippen molar-refractivity contribution in [1.82, 2.24) is 5.32 Å². The zero-order valence-corrected chi connectivity index (χ0v) is 10.8. The van der Waals surface area contributed by atoms with Crippen LogP contribution in [0.25, 0.3) is 0 Å². The molecule has 0 aromatic heterocycles. The van der Waals surface area contributed by atoms with Gasteiger partial charge in [-0.15, -0.1) is 0 Å². The van der Waals surface area contributed by atoms with Crippen LogP contribution in [0.5, 0.6) is 0 Å². The summed E-state index contributed by atoms with van der Waals surface area (Å²) in [6.07, 6.45) is 7.07. The fourth-order valence-corrected chi connectivity index (χ4v) is 2.40. The van der Waals surface area contributed by atoms with Crippen LogP contribution < -0.4 is 5.32 Å². The average molecular weight is 229 g/mol. The maximum absolute atomic E-state index is 5.42. The van der Waals surface area contributed by atoms with E-state index in [1.807, 2.05) is 0 Å². The van der Waals surface area contributed by atoms with E-state index in [1.165, 1.54) is 32.1 Å². The summed E-state index contributed by atoms with van der Waals surface area (Å²) in [6.45, 7) is 5.46. The van der Waals surface area contributed by atoms with E-state index in [0.717, 1.165) is 19.1 Å². The van der Waals surface area contributed by atoms with Gasteiger partial charge in [-0.1, -0.05) is 19.3 Å². The normalized spacial score (nSPS) is 19.9. The van der Waals surface area contributed by atoms with Gasteiger partial charge in [0.15, 0.2) is 0 Å². The highest BCUT2D eigenvalue weighted by Crippen LogP contribution is 2.26. The van der Waals surface area contributed by atoms with Crippen molar-refractivity contribution >= 4 is 0 Å². The predicted octanol–water partition coefficient (Wildman–Crippen LogP) is 2.21. The molecule has 0 aromatic rings. The molecule has 0 saturated heterocycles. The second-order valence-electron chi connectivity index (χ2n) is 4.75. The lowest BCUT2D eigenvalue weighted by atomic mass is 9.84. The number of methoxy groups -OCH3 is 1. The second kappa shape index (κ2) is 8.97. The van der Waals surface area contributed by atoms with Crippen LogP contribution in [0.2, 0.25) is 0 Å². The van der Waals surface area contributed by atoms with E-state index < -0.39 is 0 Å². The average Bonchev–Trinajstić information content (AvgIpc) is 2.34. The van der Waals surface area contributed by atoms with Gasteiger partial charge in [0.1, 0.15) is 0 Å². The minimum atomic E-state index is 0.645. The third-order valence-electron chi connectivity index (χ3n) is 3.50. The van der Waals surface area contributed by atoms with E-state index in [4.69, 9.17) is 9.47 Å². The van der Waals surface area contributed by atoms with Crippen LogP contribution in [0.3, 0.4) is 0 Å². The molecule has 0 unspecified atom stereocenters. The molecule has 1 aliphatic carbocycles. The Bertz CT molecular complexity index is 158. The van der Waals surface area contributed by atoms with Crippen molar-refractivity contribution in [3.05, 3.63) is 0 Å². The maximum Gasteiger partial charge on any atom is 0.0700 e. The largest absolute Gasteiger partial charge is 0.382 e. The summed E-state index contributed by atoms with van der Waals surface area (Å²) in [5, 5.41) is 3.56. The van der Waals surface area contributed by atoms with Gasteiger partial charge in [-0.05, 0) is 25.7 Å². The summed E-state index contributed by atoms with van der Waals surface area (Å²) in [4.78, 5) is 0. The van der Waals surface area contributed by atoms with Crippen molar-refractivity contribution in [2.75, 3.05) is 33.5 Å². The topological polar surface area (TPSA) is 30.5 Å². The van der Waals surface area contributed by atoms with Crippen LogP contribution in [-0.2, 0) is 9.47 Å². The molecule has 3 nitrogen and oxygen atoms in total. The van der Waals surface area contributed by atoms with Gasteiger partial charge in [0.2, 0.25) is 0 Å². The predicted molar refractivity (Wildman–Crippen MR) is 66.7 cm³/mol. The van der Waals surface area contributed by atoms with Crippen LogP contribution in [0.4, 0.5) is 0 Å². The Morgan fingerprint density at radius 1 is 1.12 bits per heavy atom. The van der Waals surface area contributed by atoms with Crippen LogP contribution in [0.1, 0.15) is 39.0 Å². The first kappa shape index (κ1) is 13.9. The van der Waals surface area contributed by atoms with E-state index in [0.29, 0.717) is 19.3 Å². The van der Waals surface area contributed by atoms with Gasteiger partial charge in [-0.25, -0.2) is 0 Å². The van der Waals surface area contributed by atoms with E-state index in [-0.39, 0.29) is 0 Å². The molecule has 1 rings (SSSR count). The highest BCUT2D eigenvalue weighted by Gasteiger charge is 2.18. The third-order valence-corrected chi connectivity index (χ3v) is 3.50. The highest BCUT2D eigenvalue weighted by atomic mass is 16.5. The molecule has 0 amide bonds.